The summed E-state index contributed by atoms with van der Waals surface area (Å²) in [5, 5.41) is 9.25. The predicted octanol–water partition coefficient (Wildman–Crippen LogP) is 2.50. The number of aliphatic hydroxyl groups is 1. The quantitative estimate of drug-likeness (QED) is 0.841. The molecule has 0 amide bonds. The van der Waals surface area contributed by atoms with Gasteiger partial charge < -0.3 is 10.0 Å². The zero-order valence-electron chi connectivity index (χ0n) is 9.76. The lowest BCUT2D eigenvalue weighted by Gasteiger charge is -2.21. The minimum atomic E-state index is 0.262. The van der Waals surface area contributed by atoms with E-state index in [1.165, 1.54) is 17.6 Å². The number of benzene rings is 1. The van der Waals surface area contributed by atoms with Gasteiger partial charge in [0.1, 0.15) is 0 Å². The van der Waals surface area contributed by atoms with Gasteiger partial charge in [-0.1, -0.05) is 30.3 Å². The molecule has 0 spiro atoms. The Balaban J connectivity index is 2.12. The van der Waals surface area contributed by atoms with Crippen LogP contribution in [0.4, 0.5) is 0 Å². The molecule has 2 nitrogen and oxygen atoms in total. The van der Waals surface area contributed by atoms with Crippen molar-refractivity contribution in [2.24, 2.45) is 0 Å². The Morgan fingerprint density at radius 3 is 2.88 bits per heavy atom. The summed E-state index contributed by atoms with van der Waals surface area (Å²) in [7, 11) is 0. The number of allylic oxidation sites excluding steroid dienone is 1. The monoisotopic (exact) mass is 217 g/mol. The summed E-state index contributed by atoms with van der Waals surface area (Å²) < 4.78 is 0. The highest BCUT2D eigenvalue weighted by molar-refractivity contribution is 5.63. The van der Waals surface area contributed by atoms with Crippen molar-refractivity contribution in [1.82, 2.24) is 4.90 Å². The lowest BCUT2D eigenvalue weighted by molar-refractivity contribution is 0.196. The van der Waals surface area contributed by atoms with Gasteiger partial charge in [0.15, 0.2) is 0 Å². The molecule has 1 heterocycles. The van der Waals surface area contributed by atoms with E-state index in [0.29, 0.717) is 6.04 Å². The maximum absolute atomic E-state index is 9.25. The molecule has 1 fully saturated rings. The van der Waals surface area contributed by atoms with Gasteiger partial charge in [-0.05, 0) is 30.9 Å². The largest absolute Gasteiger partial charge is 0.394 e. The van der Waals surface area contributed by atoms with Gasteiger partial charge in [0, 0.05) is 12.7 Å². The molecular formula is C14H19NO. The van der Waals surface area contributed by atoms with E-state index in [1.807, 2.05) is 6.07 Å². The summed E-state index contributed by atoms with van der Waals surface area (Å²) in [6.45, 7) is 3.45. The third kappa shape index (κ3) is 2.45. The minimum Gasteiger partial charge on any atom is -0.394 e. The van der Waals surface area contributed by atoms with Gasteiger partial charge in [0.05, 0.1) is 12.6 Å². The summed E-state index contributed by atoms with van der Waals surface area (Å²) in [6, 6.07) is 10.7. The highest BCUT2D eigenvalue weighted by atomic mass is 16.3. The first-order chi connectivity index (χ1) is 7.81. The first-order valence-electron chi connectivity index (χ1n) is 5.91. The fourth-order valence-electron chi connectivity index (χ4n) is 2.25. The van der Waals surface area contributed by atoms with Gasteiger partial charge in [-0.2, -0.15) is 0 Å². The number of hydrogen-bond donors (Lipinski definition) is 1. The molecule has 1 atom stereocenters. The molecule has 0 saturated carbocycles. The fraction of sp³-hybridized carbons (Fsp3) is 0.429. The van der Waals surface area contributed by atoms with Crippen LogP contribution in [0, 0.1) is 0 Å². The van der Waals surface area contributed by atoms with Crippen LogP contribution in [0.5, 0.6) is 0 Å². The molecule has 1 aromatic carbocycles. The van der Waals surface area contributed by atoms with Gasteiger partial charge in [-0.15, -0.1) is 0 Å². The second-order valence-corrected chi connectivity index (χ2v) is 4.39. The van der Waals surface area contributed by atoms with Crippen LogP contribution in [0.1, 0.15) is 25.3 Å². The Hall–Kier alpha value is -1.28. The average molecular weight is 217 g/mol. The van der Waals surface area contributed by atoms with Crippen molar-refractivity contribution in [3.05, 3.63) is 42.1 Å². The van der Waals surface area contributed by atoms with Crippen LogP contribution >= 0.6 is 0 Å². The molecule has 1 N–H and O–H groups in total. The maximum Gasteiger partial charge on any atom is 0.0634 e. The summed E-state index contributed by atoms with van der Waals surface area (Å²) >= 11 is 0. The molecule has 1 aliphatic heterocycles. The van der Waals surface area contributed by atoms with Gasteiger partial charge in [-0.25, -0.2) is 0 Å². The summed E-state index contributed by atoms with van der Waals surface area (Å²) in [6.07, 6.45) is 4.47. The Morgan fingerprint density at radius 1 is 1.44 bits per heavy atom. The second kappa shape index (κ2) is 5.17. The predicted molar refractivity (Wildman–Crippen MR) is 66.9 cm³/mol. The number of aliphatic hydroxyl groups excluding tert-OH is 1. The number of likely N-dealkylation sites (tertiary alicyclic amines) is 1. The fourth-order valence-corrected chi connectivity index (χ4v) is 2.25. The summed E-state index contributed by atoms with van der Waals surface area (Å²) in [5.41, 5.74) is 2.52. The van der Waals surface area contributed by atoms with Gasteiger partial charge in [-0.3, -0.25) is 0 Å². The van der Waals surface area contributed by atoms with Crippen LogP contribution in [0.2, 0.25) is 0 Å². The SMILES string of the molecule is C/C(=C\N1CCC[C@H]1CO)c1ccccc1. The van der Waals surface area contributed by atoms with Crippen molar-refractivity contribution in [3.63, 3.8) is 0 Å². The molecule has 0 aliphatic carbocycles. The topological polar surface area (TPSA) is 23.5 Å². The highest BCUT2D eigenvalue weighted by Gasteiger charge is 2.20. The first-order valence-corrected chi connectivity index (χ1v) is 5.91. The van der Waals surface area contributed by atoms with E-state index >= 15 is 0 Å². The molecule has 0 radical (unpaired) electrons. The molecule has 2 heteroatoms. The van der Waals surface area contributed by atoms with Crippen molar-refractivity contribution >= 4 is 5.57 Å². The summed E-state index contributed by atoms with van der Waals surface area (Å²) in [5.74, 6) is 0. The number of rotatable bonds is 3. The van der Waals surface area contributed by atoms with Gasteiger partial charge >= 0.3 is 0 Å². The minimum absolute atomic E-state index is 0.262. The molecule has 1 aliphatic rings. The Kier molecular flexibility index (Phi) is 3.62. The van der Waals surface area contributed by atoms with E-state index in [2.05, 4.69) is 42.3 Å². The molecular weight excluding hydrogens is 198 g/mol. The molecule has 0 aromatic heterocycles. The van der Waals surface area contributed by atoms with E-state index in [4.69, 9.17) is 0 Å². The molecule has 16 heavy (non-hydrogen) atoms. The smallest absolute Gasteiger partial charge is 0.0634 e. The van der Waals surface area contributed by atoms with Crippen LogP contribution in [0.15, 0.2) is 36.5 Å². The molecule has 1 saturated heterocycles. The van der Waals surface area contributed by atoms with Crippen LogP contribution in [0.3, 0.4) is 0 Å². The van der Waals surface area contributed by atoms with E-state index in [9.17, 15) is 5.11 Å². The standard InChI is InChI=1S/C14H19NO/c1-12(13-6-3-2-4-7-13)10-15-9-5-8-14(15)11-16/h2-4,6-7,10,14,16H,5,8-9,11H2,1H3/b12-10+/t14-/m0/s1. The van der Waals surface area contributed by atoms with E-state index < -0.39 is 0 Å². The molecule has 86 valence electrons. The Labute approximate surface area is 97.2 Å². The van der Waals surface area contributed by atoms with Crippen LogP contribution < -0.4 is 0 Å². The number of hydrogen-bond acceptors (Lipinski definition) is 2. The zero-order chi connectivity index (χ0) is 11.4. The lowest BCUT2D eigenvalue weighted by Crippen LogP contribution is -2.27. The normalized spacial score (nSPS) is 21.5. The van der Waals surface area contributed by atoms with E-state index in [1.54, 1.807) is 0 Å². The Bertz CT molecular complexity index is 358. The van der Waals surface area contributed by atoms with Crippen LogP contribution in [-0.2, 0) is 0 Å². The van der Waals surface area contributed by atoms with Crippen molar-refractivity contribution in [3.8, 4) is 0 Å². The number of nitrogens with zero attached hydrogens (tertiary/aromatic N) is 1. The Morgan fingerprint density at radius 2 is 2.19 bits per heavy atom. The van der Waals surface area contributed by atoms with E-state index in [0.717, 1.165) is 13.0 Å². The molecule has 1 aromatic rings. The molecule has 0 bridgehead atoms. The van der Waals surface area contributed by atoms with Crippen molar-refractivity contribution in [2.75, 3.05) is 13.2 Å². The van der Waals surface area contributed by atoms with Crippen molar-refractivity contribution in [2.45, 2.75) is 25.8 Å². The maximum atomic E-state index is 9.25. The van der Waals surface area contributed by atoms with Crippen molar-refractivity contribution in [1.29, 1.82) is 0 Å². The zero-order valence-corrected chi connectivity index (χ0v) is 9.76. The lowest BCUT2D eigenvalue weighted by atomic mass is 10.1. The summed E-state index contributed by atoms with van der Waals surface area (Å²) in [4.78, 5) is 2.27. The molecule has 0 unspecified atom stereocenters. The second-order valence-electron chi connectivity index (χ2n) is 4.39. The van der Waals surface area contributed by atoms with Crippen LogP contribution in [-0.4, -0.2) is 29.2 Å². The van der Waals surface area contributed by atoms with Crippen LogP contribution in [0.25, 0.3) is 5.57 Å². The van der Waals surface area contributed by atoms with E-state index in [-0.39, 0.29) is 6.61 Å². The third-order valence-corrected chi connectivity index (χ3v) is 3.22. The van der Waals surface area contributed by atoms with Gasteiger partial charge in [0.25, 0.3) is 0 Å². The third-order valence-electron chi connectivity index (χ3n) is 3.22. The average Bonchev–Trinajstić information content (AvgIpc) is 2.77. The highest BCUT2D eigenvalue weighted by Crippen LogP contribution is 2.21. The van der Waals surface area contributed by atoms with Gasteiger partial charge in [0.2, 0.25) is 0 Å². The molecule has 2 rings (SSSR count). The van der Waals surface area contributed by atoms with Crippen molar-refractivity contribution < 1.29 is 5.11 Å². The first kappa shape index (κ1) is 11.2.